The molecular formula is C18H26ClN3O4. The quantitative estimate of drug-likeness (QED) is 0.637. The number of amides is 3. The topological polar surface area (TPSA) is 90.9 Å². The third kappa shape index (κ3) is 6.72. The molecule has 1 aromatic rings. The van der Waals surface area contributed by atoms with Crippen molar-refractivity contribution in [2.45, 2.75) is 32.3 Å². The minimum absolute atomic E-state index is 0.0504. The number of hydrogen-bond acceptors (Lipinski definition) is 4. The normalized spacial score (nSPS) is 14.8. The molecule has 2 rings (SSSR count). The van der Waals surface area contributed by atoms with Crippen LogP contribution in [0.1, 0.15) is 24.8 Å². The summed E-state index contributed by atoms with van der Waals surface area (Å²) in [4.78, 5) is 25.4. The molecule has 26 heavy (non-hydrogen) atoms. The van der Waals surface area contributed by atoms with Crippen molar-refractivity contribution in [3.05, 3.63) is 28.8 Å². The Morgan fingerprint density at radius 2 is 2.04 bits per heavy atom. The fourth-order valence-corrected chi connectivity index (χ4v) is 2.76. The highest BCUT2D eigenvalue weighted by molar-refractivity contribution is 6.31. The van der Waals surface area contributed by atoms with Crippen molar-refractivity contribution in [2.24, 2.45) is 0 Å². The van der Waals surface area contributed by atoms with Gasteiger partial charge in [0.2, 0.25) is 5.91 Å². The second kappa shape index (κ2) is 10.2. The van der Waals surface area contributed by atoms with Crippen molar-refractivity contribution >= 4 is 23.5 Å². The summed E-state index contributed by atoms with van der Waals surface area (Å²) in [5, 5.41) is 15.7. The summed E-state index contributed by atoms with van der Waals surface area (Å²) in [5.74, 6) is 0.672. The number of aliphatic hydroxyl groups excluding tert-OH is 1. The first-order chi connectivity index (χ1) is 12.5. The zero-order valence-electron chi connectivity index (χ0n) is 15.0. The maximum Gasteiger partial charge on any atom is 0.314 e. The minimum Gasteiger partial charge on any atom is -0.491 e. The number of nitrogens with zero attached hydrogens (tertiary/aromatic N) is 1. The molecule has 0 saturated carbocycles. The Morgan fingerprint density at radius 1 is 1.31 bits per heavy atom. The van der Waals surface area contributed by atoms with Gasteiger partial charge in [0.15, 0.2) is 0 Å². The van der Waals surface area contributed by atoms with Gasteiger partial charge in [-0.2, -0.15) is 0 Å². The van der Waals surface area contributed by atoms with Gasteiger partial charge < -0.3 is 25.4 Å². The third-order valence-corrected chi connectivity index (χ3v) is 4.58. The van der Waals surface area contributed by atoms with Crippen LogP contribution in [0.5, 0.6) is 5.75 Å². The van der Waals surface area contributed by atoms with E-state index in [0.29, 0.717) is 10.8 Å². The summed E-state index contributed by atoms with van der Waals surface area (Å²) in [6.45, 7) is 3.87. The van der Waals surface area contributed by atoms with Crippen LogP contribution in [-0.4, -0.2) is 60.8 Å². The number of nitrogens with one attached hydrogen (secondary N) is 2. The lowest BCUT2D eigenvalue weighted by Crippen LogP contribution is -2.42. The van der Waals surface area contributed by atoms with Crippen molar-refractivity contribution in [3.8, 4) is 5.75 Å². The van der Waals surface area contributed by atoms with E-state index in [1.807, 2.05) is 11.8 Å². The predicted molar refractivity (Wildman–Crippen MR) is 99.5 cm³/mol. The monoisotopic (exact) mass is 383 g/mol. The molecule has 1 heterocycles. The molecule has 1 unspecified atom stereocenters. The van der Waals surface area contributed by atoms with E-state index in [2.05, 4.69) is 10.6 Å². The Hall–Kier alpha value is -1.99. The van der Waals surface area contributed by atoms with E-state index < -0.39 is 12.1 Å². The molecule has 0 bridgehead atoms. The van der Waals surface area contributed by atoms with Gasteiger partial charge in [0.05, 0.1) is 0 Å². The first-order valence-electron chi connectivity index (χ1n) is 8.82. The minimum atomic E-state index is -0.844. The molecule has 3 amide bonds. The fraction of sp³-hybridized carbons (Fsp3) is 0.556. The molecule has 144 valence electrons. The van der Waals surface area contributed by atoms with Crippen LogP contribution in [0.3, 0.4) is 0 Å². The molecule has 1 atom stereocenters. The van der Waals surface area contributed by atoms with Gasteiger partial charge in [-0.15, -0.1) is 0 Å². The zero-order valence-corrected chi connectivity index (χ0v) is 15.7. The van der Waals surface area contributed by atoms with Gasteiger partial charge in [0.1, 0.15) is 18.5 Å². The average Bonchev–Trinajstić information content (AvgIpc) is 3.15. The first-order valence-corrected chi connectivity index (χ1v) is 9.20. The van der Waals surface area contributed by atoms with Crippen LogP contribution in [0.2, 0.25) is 5.02 Å². The molecular weight excluding hydrogens is 358 g/mol. The number of carbonyl (C=O) groups is 2. The van der Waals surface area contributed by atoms with Gasteiger partial charge in [0, 0.05) is 37.6 Å². The van der Waals surface area contributed by atoms with Crippen LogP contribution in [-0.2, 0) is 4.79 Å². The maximum absolute atomic E-state index is 11.8. The number of likely N-dealkylation sites (tertiary alicyclic amines) is 1. The van der Waals surface area contributed by atoms with Gasteiger partial charge in [-0.1, -0.05) is 11.6 Å². The van der Waals surface area contributed by atoms with Crippen molar-refractivity contribution in [1.82, 2.24) is 15.5 Å². The number of rotatable bonds is 8. The maximum atomic E-state index is 11.8. The van der Waals surface area contributed by atoms with Crippen molar-refractivity contribution in [2.75, 3.05) is 32.8 Å². The molecule has 1 aliphatic rings. The highest BCUT2D eigenvalue weighted by Gasteiger charge is 2.17. The van der Waals surface area contributed by atoms with E-state index in [0.717, 1.165) is 31.5 Å². The second-order valence-electron chi connectivity index (χ2n) is 6.35. The Balaban J connectivity index is 1.57. The summed E-state index contributed by atoms with van der Waals surface area (Å²) in [6.07, 6.45) is 1.54. The number of ether oxygens (including phenoxy) is 1. The standard InChI is InChI=1S/C18H26ClN3O4/c1-13-10-15(4-5-16(13)19)26-12-14(23)11-21-18(25)20-7-6-17(24)22-8-2-3-9-22/h4-5,10,14,23H,2-3,6-9,11-12H2,1H3,(H2,20,21,25). The van der Waals surface area contributed by atoms with Gasteiger partial charge in [-0.05, 0) is 43.5 Å². The van der Waals surface area contributed by atoms with E-state index in [9.17, 15) is 14.7 Å². The molecule has 0 aliphatic carbocycles. The van der Waals surface area contributed by atoms with Crippen LogP contribution in [0.4, 0.5) is 4.79 Å². The zero-order chi connectivity index (χ0) is 18.9. The number of halogens is 1. The van der Waals surface area contributed by atoms with Crippen LogP contribution >= 0.6 is 11.6 Å². The average molecular weight is 384 g/mol. The smallest absolute Gasteiger partial charge is 0.314 e. The third-order valence-electron chi connectivity index (χ3n) is 4.15. The number of hydrogen-bond donors (Lipinski definition) is 3. The SMILES string of the molecule is Cc1cc(OCC(O)CNC(=O)NCCC(=O)N2CCCC2)ccc1Cl. The Morgan fingerprint density at radius 3 is 2.73 bits per heavy atom. The van der Waals surface area contributed by atoms with Gasteiger partial charge >= 0.3 is 6.03 Å². The molecule has 0 aromatic heterocycles. The van der Waals surface area contributed by atoms with E-state index in [-0.39, 0.29) is 32.0 Å². The number of benzene rings is 1. The van der Waals surface area contributed by atoms with Crippen LogP contribution in [0, 0.1) is 6.92 Å². The van der Waals surface area contributed by atoms with Crippen molar-refractivity contribution in [3.63, 3.8) is 0 Å². The van der Waals surface area contributed by atoms with Gasteiger partial charge in [-0.3, -0.25) is 4.79 Å². The molecule has 8 heteroatoms. The highest BCUT2D eigenvalue weighted by Crippen LogP contribution is 2.21. The molecule has 1 aromatic carbocycles. The van der Waals surface area contributed by atoms with E-state index >= 15 is 0 Å². The van der Waals surface area contributed by atoms with Crippen LogP contribution in [0.25, 0.3) is 0 Å². The lowest BCUT2D eigenvalue weighted by Gasteiger charge is -2.16. The number of carbonyl (C=O) groups excluding carboxylic acids is 2. The van der Waals surface area contributed by atoms with E-state index in [1.165, 1.54) is 0 Å². The fourth-order valence-electron chi connectivity index (χ4n) is 2.64. The van der Waals surface area contributed by atoms with Crippen molar-refractivity contribution < 1.29 is 19.4 Å². The summed E-state index contributed by atoms with van der Waals surface area (Å²) in [7, 11) is 0. The predicted octanol–water partition coefficient (Wildman–Crippen LogP) is 1.70. The molecule has 0 spiro atoms. The Labute approximate surface area is 158 Å². The van der Waals surface area contributed by atoms with Gasteiger partial charge in [-0.25, -0.2) is 4.79 Å². The Kier molecular flexibility index (Phi) is 8.00. The van der Waals surface area contributed by atoms with Crippen LogP contribution < -0.4 is 15.4 Å². The lowest BCUT2D eigenvalue weighted by molar-refractivity contribution is -0.129. The summed E-state index contributed by atoms with van der Waals surface area (Å²) in [5.41, 5.74) is 0.889. The summed E-state index contributed by atoms with van der Waals surface area (Å²) in [6, 6.07) is 4.82. The summed E-state index contributed by atoms with van der Waals surface area (Å²) < 4.78 is 5.47. The number of urea groups is 1. The Bertz CT molecular complexity index is 620. The largest absolute Gasteiger partial charge is 0.491 e. The first kappa shape index (κ1) is 20.3. The molecule has 1 saturated heterocycles. The van der Waals surface area contributed by atoms with Gasteiger partial charge in [0.25, 0.3) is 0 Å². The summed E-state index contributed by atoms with van der Waals surface area (Å²) >= 11 is 5.94. The van der Waals surface area contributed by atoms with E-state index in [4.69, 9.17) is 16.3 Å². The highest BCUT2D eigenvalue weighted by atomic mass is 35.5. The molecule has 3 N–H and O–H groups in total. The lowest BCUT2D eigenvalue weighted by atomic mass is 10.2. The number of aliphatic hydroxyl groups is 1. The molecule has 0 radical (unpaired) electrons. The van der Waals surface area contributed by atoms with Crippen LogP contribution in [0.15, 0.2) is 18.2 Å². The van der Waals surface area contributed by atoms with Crippen molar-refractivity contribution in [1.29, 1.82) is 0 Å². The number of aryl methyl sites for hydroxylation is 1. The van der Waals surface area contributed by atoms with E-state index in [1.54, 1.807) is 18.2 Å². The molecule has 1 aliphatic heterocycles. The second-order valence-corrected chi connectivity index (χ2v) is 6.76. The molecule has 1 fully saturated rings. The molecule has 7 nitrogen and oxygen atoms in total.